The molecule has 1 fully saturated rings. The minimum absolute atomic E-state index is 0.134. The van der Waals surface area contributed by atoms with Gasteiger partial charge in [0.2, 0.25) is 16.9 Å². The molecule has 0 saturated carbocycles. The Bertz CT molecular complexity index is 1100. The summed E-state index contributed by atoms with van der Waals surface area (Å²) in [5.41, 5.74) is 3.39. The summed E-state index contributed by atoms with van der Waals surface area (Å²) in [6.45, 7) is 2.69. The van der Waals surface area contributed by atoms with E-state index in [-0.39, 0.29) is 17.6 Å². The number of hydrogen-bond donors (Lipinski definition) is 2. The molecular weight excluding hydrogens is 454 g/mol. The van der Waals surface area contributed by atoms with Gasteiger partial charge in [0, 0.05) is 35.1 Å². The molecule has 4 rings (SSSR count). The van der Waals surface area contributed by atoms with Crippen LogP contribution >= 0.6 is 34.7 Å². The van der Waals surface area contributed by atoms with Gasteiger partial charge >= 0.3 is 0 Å². The van der Waals surface area contributed by atoms with Gasteiger partial charge < -0.3 is 15.5 Å². The number of amides is 2. The maximum Gasteiger partial charge on any atom is 0.234 e. The van der Waals surface area contributed by atoms with Gasteiger partial charge in [0.15, 0.2) is 4.34 Å². The van der Waals surface area contributed by atoms with Crippen LogP contribution in [0.2, 0.25) is 5.02 Å². The average Bonchev–Trinajstić information content (AvgIpc) is 3.39. The molecule has 0 unspecified atom stereocenters. The standard InChI is InChI=1S/C21H20ClN5O2S2/c1-13-4-5-15(11-17(13)22)24-20-25-26-21(31-20)30-12-18(28)23-14-6-8-16(9-7-14)27-10-2-3-19(27)29/h4-9,11H,2-3,10,12H2,1H3,(H,23,28)(H,24,25). The van der Waals surface area contributed by atoms with E-state index >= 15 is 0 Å². The van der Waals surface area contributed by atoms with E-state index in [4.69, 9.17) is 11.6 Å². The molecule has 2 aromatic carbocycles. The van der Waals surface area contributed by atoms with Crippen molar-refractivity contribution in [3.8, 4) is 0 Å². The topological polar surface area (TPSA) is 87.2 Å². The van der Waals surface area contributed by atoms with E-state index in [1.54, 1.807) is 4.90 Å². The van der Waals surface area contributed by atoms with E-state index in [0.29, 0.717) is 26.6 Å². The zero-order valence-electron chi connectivity index (χ0n) is 16.7. The number of carbonyl (C=O) groups is 2. The second-order valence-electron chi connectivity index (χ2n) is 6.99. The number of aryl methyl sites for hydroxylation is 1. The van der Waals surface area contributed by atoms with E-state index < -0.39 is 0 Å². The molecule has 10 heteroatoms. The molecule has 0 atom stereocenters. The van der Waals surface area contributed by atoms with Gasteiger partial charge in [-0.1, -0.05) is 40.8 Å². The molecule has 31 heavy (non-hydrogen) atoms. The second kappa shape index (κ2) is 9.67. The van der Waals surface area contributed by atoms with Crippen molar-refractivity contribution < 1.29 is 9.59 Å². The lowest BCUT2D eigenvalue weighted by atomic mass is 10.2. The van der Waals surface area contributed by atoms with Crippen molar-refractivity contribution in [3.05, 3.63) is 53.1 Å². The van der Waals surface area contributed by atoms with Crippen LogP contribution in [0.4, 0.5) is 22.2 Å². The lowest BCUT2D eigenvalue weighted by Crippen LogP contribution is -2.23. The zero-order chi connectivity index (χ0) is 21.8. The predicted molar refractivity (Wildman–Crippen MR) is 127 cm³/mol. The minimum atomic E-state index is -0.134. The van der Waals surface area contributed by atoms with E-state index in [9.17, 15) is 9.59 Å². The number of nitrogens with one attached hydrogen (secondary N) is 2. The number of rotatable bonds is 7. The van der Waals surface area contributed by atoms with Crippen molar-refractivity contribution in [3.63, 3.8) is 0 Å². The lowest BCUT2D eigenvalue weighted by Gasteiger charge is -2.16. The molecular formula is C21H20ClN5O2S2. The van der Waals surface area contributed by atoms with Crippen LogP contribution in [-0.2, 0) is 9.59 Å². The molecule has 2 heterocycles. The Morgan fingerprint density at radius 1 is 1.19 bits per heavy atom. The first-order valence-electron chi connectivity index (χ1n) is 9.68. The Morgan fingerprint density at radius 2 is 1.97 bits per heavy atom. The second-order valence-corrected chi connectivity index (χ2v) is 9.60. The van der Waals surface area contributed by atoms with Crippen LogP contribution in [-0.4, -0.2) is 34.3 Å². The van der Waals surface area contributed by atoms with Crippen molar-refractivity contribution in [2.24, 2.45) is 0 Å². The van der Waals surface area contributed by atoms with Gasteiger partial charge in [-0.25, -0.2) is 0 Å². The van der Waals surface area contributed by atoms with E-state index in [1.807, 2.05) is 49.4 Å². The van der Waals surface area contributed by atoms with Crippen molar-refractivity contribution in [1.29, 1.82) is 0 Å². The summed E-state index contributed by atoms with van der Waals surface area (Å²) in [6.07, 6.45) is 1.48. The maximum atomic E-state index is 12.3. The molecule has 1 aliphatic heterocycles. The number of carbonyl (C=O) groups excluding carboxylic acids is 2. The van der Waals surface area contributed by atoms with Crippen LogP contribution in [0.25, 0.3) is 0 Å². The van der Waals surface area contributed by atoms with Crippen LogP contribution < -0.4 is 15.5 Å². The molecule has 2 amide bonds. The molecule has 0 aliphatic carbocycles. The number of thioether (sulfide) groups is 1. The fourth-order valence-corrected chi connectivity index (χ4v) is 4.84. The molecule has 0 radical (unpaired) electrons. The SMILES string of the molecule is Cc1ccc(Nc2nnc(SCC(=O)Nc3ccc(N4CCCC4=O)cc3)s2)cc1Cl. The highest BCUT2D eigenvalue weighted by Crippen LogP contribution is 2.29. The van der Waals surface area contributed by atoms with Gasteiger partial charge in [0.05, 0.1) is 5.75 Å². The number of anilines is 4. The summed E-state index contributed by atoms with van der Waals surface area (Å²) in [6, 6.07) is 13.0. The van der Waals surface area contributed by atoms with Crippen LogP contribution in [0.1, 0.15) is 18.4 Å². The highest BCUT2D eigenvalue weighted by Gasteiger charge is 2.21. The smallest absolute Gasteiger partial charge is 0.234 e. The molecule has 0 spiro atoms. The van der Waals surface area contributed by atoms with Gasteiger partial charge in [-0.05, 0) is 55.3 Å². The molecule has 7 nitrogen and oxygen atoms in total. The first-order valence-corrected chi connectivity index (χ1v) is 11.9. The molecule has 2 N–H and O–H groups in total. The lowest BCUT2D eigenvalue weighted by molar-refractivity contribution is -0.117. The summed E-state index contributed by atoms with van der Waals surface area (Å²) in [7, 11) is 0. The zero-order valence-corrected chi connectivity index (χ0v) is 19.1. The molecule has 3 aromatic rings. The number of nitrogens with zero attached hydrogens (tertiary/aromatic N) is 3. The van der Waals surface area contributed by atoms with E-state index in [1.165, 1.54) is 23.1 Å². The first-order chi connectivity index (χ1) is 15.0. The van der Waals surface area contributed by atoms with Crippen molar-refractivity contribution >= 4 is 68.7 Å². The van der Waals surface area contributed by atoms with Crippen LogP contribution in [0.3, 0.4) is 0 Å². The quantitative estimate of drug-likeness (QED) is 0.464. The maximum absolute atomic E-state index is 12.3. The third-order valence-corrected chi connectivity index (χ3v) is 7.07. The summed E-state index contributed by atoms with van der Waals surface area (Å²) in [5, 5.41) is 15.6. The van der Waals surface area contributed by atoms with Crippen LogP contribution in [0, 0.1) is 6.92 Å². The monoisotopic (exact) mass is 473 g/mol. The molecule has 1 aromatic heterocycles. The Morgan fingerprint density at radius 3 is 2.68 bits per heavy atom. The van der Waals surface area contributed by atoms with E-state index in [0.717, 1.165) is 29.9 Å². The van der Waals surface area contributed by atoms with Crippen molar-refractivity contribution in [2.45, 2.75) is 24.1 Å². The Labute approximate surface area is 193 Å². The number of benzene rings is 2. The molecule has 1 saturated heterocycles. The normalized spacial score (nSPS) is 13.5. The van der Waals surface area contributed by atoms with Gasteiger partial charge in [0.25, 0.3) is 0 Å². The highest BCUT2D eigenvalue weighted by atomic mass is 35.5. The van der Waals surface area contributed by atoms with Crippen molar-refractivity contribution in [1.82, 2.24) is 10.2 Å². The van der Waals surface area contributed by atoms with Gasteiger partial charge in [-0.15, -0.1) is 10.2 Å². The molecule has 160 valence electrons. The predicted octanol–water partition coefficient (Wildman–Crippen LogP) is 5.10. The Balaban J connectivity index is 1.27. The Hall–Kier alpha value is -2.62. The summed E-state index contributed by atoms with van der Waals surface area (Å²) in [4.78, 5) is 25.9. The van der Waals surface area contributed by atoms with Crippen LogP contribution in [0.5, 0.6) is 0 Å². The summed E-state index contributed by atoms with van der Waals surface area (Å²) >= 11 is 8.84. The minimum Gasteiger partial charge on any atom is -0.330 e. The number of halogens is 1. The van der Waals surface area contributed by atoms with Crippen LogP contribution in [0.15, 0.2) is 46.8 Å². The third kappa shape index (κ3) is 5.55. The summed E-state index contributed by atoms with van der Waals surface area (Å²) in [5.74, 6) is 0.228. The van der Waals surface area contributed by atoms with Gasteiger partial charge in [-0.3, -0.25) is 9.59 Å². The fourth-order valence-electron chi connectivity index (χ4n) is 3.08. The third-order valence-electron chi connectivity index (χ3n) is 4.69. The highest BCUT2D eigenvalue weighted by molar-refractivity contribution is 8.01. The fraction of sp³-hybridized carbons (Fsp3) is 0.238. The average molecular weight is 474 g/mol. The number of hydrogen-bond acceptors (Lipinski definition) is 7. The first kappa shape index (κ1) is 21.6. The summed E-state index contributed by atoms with van der Waals surface area (Å²) < 4.78 is 0.693. The van der Waals surface area contributed by atoms with Gasteiger partial charge in [0.1, 0.15) is 0 Å². The molecule has 1 aliphatic rings. The van der Waals surface area contributed by atoms with E-state index in [2.05, 4.69) is 20.8 Å². The van der Waals surface area contributed by atoms with Crippen molar-refractivity contribution in [2.75, 3.05) is 27.8 Å². The largest absolute Gasteiger partial charge is 0.330 e. The Kier molecular flexibility index (Phi) is 6.74. The van der Waals surface area contributed by atoms with Gasteiger partial charge in [-0.2, -0.15) is 0 Å². The number of aromatic nitrogens is 2. The molecule has 0 bridgehead atoms.